The Labute approximate surface area is 281 Å². The van der Waals surface area contributed by atoms with Crippen molar-refractivity contribution in [2.75, 3.05) is 11.9 Å². The molecule has 2 unspecified atom stereocenters. The van der Waals surface area contributed by atoms with Crippen molar-refractivity contribution in [3.8, 4) is 5.75 Å². The lowest BCUT2D eigenvalue weighted by atomic mass is 9.69. The molecule has 0 bridgehead atoms. The summed E-state index contributed by atoms with van der Waals surface area (Å²) in [4.78, 5) is 18.6. The monoisotopic (exact) mass is 674 g/mol. The molecule has 0 fully saturated rings. The lowest BCUT2D eigenvalue weighted by Gasteiger charge is -2.42. The third kappa shape index (κ3) is 6.21. The van der Waals surface area contributed by atoms with Crippen LogP contribution in [0.4, 0.5) is 5.69 Å². The smallest absolute Gasteiger partial charge is 0.231 e. The number of amides is 1. The summed E-state index contributed by atoms with van der Waals surface area (Å²) in [5.41, 5.74) is 4.65. The summed E-state index contributed by atoms with van der Waals surface area (Å²) < 4.78 is 32.9. The molecule has 0 aliphatic carbocycles. The van der Waals surface area contributed by atoms with Crippen LogP contribution in [0.3, 0.4) is 0 Å². The number of para-hydroxylation sites is 1. The highest BCUT2D eigenvalue weighted by Gasteiger charge is 2.41. The maximum absolute atomic E-state index is 14.1. The molecule has 3 heterocycles. The van der Waals surface area contributed by atoms with Crippen molar-refractivity contribution in [3.63, 3.8) is 0 Å². The number of nitrogens with zero attached hydrogens (tertiary/aromatic N) is 5. The van der Waals surface area contributed by atoms with Gasteiger partial charge >= 0.3 is 0 Å². The number of anilines is 1. The standard InChI is InChI=1S/C35H39ClN6O4S/c1-6-26-21-42(47(44,45)31-12-8-7-11-30(31)46-26)20-24-18-23(13-15-28(24)36)32(27-14-16-29-33(22(27)2)39-40-41(29)5)35(3,4)34(43)38-25-10-9-17-37-19-25/h7-19,26,32,44-45H,6,20-21H2,1-5H3,(H,38,43). The zero-order valence-corrected chi connectivity index (χ0v) is 28.6. The number of ether oxygens (including phenoxy) is 1. The van der Waals surface area contributed by atoms with Crippen molar-refractivity contribution < 1.29 is 18.6 Å². The summed E-state index contributed by atoms with van der Waals surface area (Å²) in [5, 5.41) is 12.2. The molecule has 1 aliphatic heterocycles. The summed E-state index contributed by atoms with van der Waals surface area (Å²) >= 11 is 6.85. The largest absolute Gasteiger partial charge is 0.487 e. The van der Waals surface area contributed by atoms with Crippen molar-refractivity contribution in [3.05, 3.63) is 106 Å². The van der Waals surface area contributed by atoms with E-state index in [-0.39, 0.29) is 18.6 Å². The van der Waals surface area contributed by atoms with Gasteiger partial charge in [-0.05, 0) is 72.0 Å². The Bertz CT molecular complexity index is 1930. The predicted octanol–water partition coefficient (Wildman–Crippen LogP) is 7.82. The lowest BCUT2D eigenvalue weighted by Crippen LogP contribution is -2.37. The fourth-order valence-electron chi connectivity index (χ4n) is 6.32. The third-order valence-corrected chi connectivity index (χ3v) is 11.3. The summed E-state index contributed by atoms with van der Waals surface area (Å²) in [6, 6.07) is 20.4. The number of aryl methyl sites for hydroxylation is 2. The minimum absolute atomic E-state index is 0.153. The summed E-state index contributed by atoms with van der Waals surface area (Å²) in [6.07, 6.45) is 3.70. The van der Waals surface area contributed by atoms with E-state index in [9.17, 15) is 13.9 Å². The molecule has 3 aromatic carbocycles. The number of halogens is 1. The molecule has 0 saturated heterocycles. The number of pyridine rings is 1. The minimum atomic E-state index is -3.41. The van der Waals surface area contributed by atoms with E-state index in [1.165, 1.54) is 0 Å². The van der Waals surface area contributed by atoms with Gasteiger partial charge in [0.15, 0.2) is 0 Å². The molecule has 47 heavy (non-hydrogen) atoms. The van der Waals surface area contributed by atoms with Crippen LogP contribution in [-0.4, -0.2) is 51.9 Å². The van der Waals surface area contributed by atoms with Gasteiger partial charge in [-0.25, -0.2) is 4.68 Å². The topological polar surface area (TPSA) is 126 Å². The van der Waals surface area contributed by atoms with Crippen LogP contribution >= 0.6 is 22.4 Å². The predicted molar refractivity (Wildman–Crippen MR) is 186 cm³/mol. The second-order valence-electron chi connectivity index (χ2n) is 12.5. The number of aromatic nitrogens is 4. The molecule has 12 heteroatoms. The van der Waals surface area contributed by atoms with E-state index in [1.807, 2.05) is 71.1 Å². The first-order valence-electron chi connectivity index (χ1n) is 15.5. The number of carbonyl (C=O) groups excluding carboxylic acids is 1. The van der Waals surface area contributed by atoms with Gasteiger partial charge in [0.05, 0.1) is 29.4 Å². The third-order valence-electron chi connectivity index (χ3n) is 9.03. The molecule has 2 aromatic heterocycles. The Balaban J connectivity index is 1.45. The van der Waals surface area contributed by atoms with E-state index >= 15 is 0 Å². The first-order chi connectivity index (χ1) is 22.4. The molecule has 0 saturated carbocycles. The first-order valence-corrected chi connectivity index (χ1v) is 17.4. The molecule has 3 N–H and O–H groups in total. The van der Waals surface area contributed by atoms with Crippen molar-refractivity contribution in [1.29, 1.82) is 0 Å². The van der Waals surface area contributed by atoms with Gasteiger partial charge in [0.1, 0.15) is 22.3 Å². The van der Waals surface area contributed by atoms with Crippen molar-refractivity contribution in [1.82, 2.24) is 24.3 Å². The average molecular weight is 675 g/mol. The van der Waals surface area contributed by atoms with E-state index in [0.717, 1.165) is 27.7 Å². The zero-order chi connectivity index (χ0) is 33.5. The summed E-state index contributed by atoms with van der Waals surface area (Å²) in [5.74, 6) is -0.163. The minimum Gasteiger partial charge on any atom is -0.487 e. The Kier molecular flexibility index (Phi) is 9.03. The van der Waals surface area contributed by atoms with Gasteiger partial charge in [-0.2, -0.15) is 4.31 Å². The van der Waals surface area contributed by atoms with E-state index < -0.39 is 22.1 Å². The highest BCUT2D eigenvalue weighted by Crippen LogP contribution is 2.58. The Morgan fingerprint density at radius 1 is 1.15 bits per heavy atom. The van der Waals surface area contributed by atoms with E-state index in [1.54, 1.807) is 51.7 Å². The van der Waals surface area contributed by atoms with Gasteiger partial charge in [0.2, 0.25) is 5.91 Å². The van der Waals surface area contributed by atoms with Crippen LogP contribution in [-0.2, 0) is 18.4 Å². The quantitative estimate of drug-likeness (QED) is 0.152. The molecule has 0 radical (unpaired) electrons. The Morgan fingerprint density at radius 3 is 2.68 bits per heavy atom. The van der Waals surface area contributed by atoms with Crippen molar-refractivity contribution in [2.45, 2.75) is 57.6 Å². The van der Waals surface area contributed by atoms with Crippen LogP contribution in [0.15, 0.2) is 84.0 Å². The van der Waals surface area contributed by atoms with E-state index in [2.05, 4.69) is 20.6 Å². The van der Waals surface area contributed by atoms with E-state index in [0.29, 0.717) is 39.9 Å². The SMILES string of the molecule is CCC1CN(Cc2cc(C(c3ccc4c(nnn4C)c3C)C(C)(C)C(=O)Nc3cccnc3)ccc2Cl)S(O)(O)c2ccccc2O1. The average Bonchev–Trinajstić information content (AvgIpc) is 3.39. The number of benzene rings is 3. The summed E-state index contributed by atoms with van der Waals surface area (Å²) in [7, 11) is -1.56. The Morgan fingerprint density at radius 2 is 1.94 bits per heavy atom. The maximum atomic E-state index is 14.1. The molecule has 5 aromatic rings. The second kappa shape index (κ2) is 12.9. The van der Waals surface area contributed by atoms with Gasteiger partial charge in [0.25, 0.3) is 0 Å². The number of hydrogen-bond donors (Lipinski definition) is 3. The van der Waals surface area contributed by atoms with Gasteiger partial charge in [0, 0.05) is 30.7 Å². The van der Waals surface area contributed by atoms with Gasteiger partial charge in [-0.15, -0.1) is 15.9 Å². The van der Waals surface area contributed by atoms with Crippen molar-refractivity contribution in [2.24, 2.45) is 12.5 Å². The highest BCUT2D eigenvalue weighted by atomic mass is 35.5. The molecule has 2 atom stereocenters. The van der Waals surface area contributed by atoms with Crippen LogP contribution in [0.25, 0.3) is 11.0 Å². The lowest BCUT2D eigenvalue weighted by molar-refractivity contribution is -0.124. The molecule has 246 valence electrons. The molecule has 6 rings (SSSR count). The number of nitrogens with one attached hydrogen (secondary N) is 1. The van der Waals surface area contributed by atoms with Gasteiger partial charge in [-0.3, -0.25) is 18.9 Å². The van der Waals surface area contributed by atoms with Gasteiger partial charge < -0.3 is 10.1 Å². The van der Waals surface area contributed by atoms with Crippen LogP contribution in [0.5, 0.6) is 5.75 Å². The first kappa shape index (κ1) is 32.9. The zero-order valence-electron chi connectivity index (χ0n) is 27.0. The normalized spacial score (nSPS) is 17.7. The van der Waals surface area contributed by atoms with Crippen LogP contribution in [0, 0.1) is 12.3 Å². The molecule has 10 nitrogen and oxygen atoms in total. The molecule has 1 amide bonds. The Hall–Kier alpha value is -4.00. The number of hydrogen-bond acceptors (Lipinski definition) is 8. The van der Waals surface area contributed by atoms with Crippen LogP contribution < -0.4 is 10.1 Å². The van der Waals surface area contributed by atoms with Crippen molar-refractivity contribution >= 4 is 45.0 Å². The van der Waals surface area contributed by atoms with Crippen LogP contribution in [0.2, 0.25) is 5.02 Å². The van der Waals surface area contributed by atoms with Gasteiger partial charge in [-0.1, -0.05) is 67.9 Å². The molecule has 0 spiro atoms. The number of fused-ring (bicyclic) bond motifs is 2. The fraction of sp³-hybridized carbons (Fsp3) is 0.314. The maximum Gasteiger partial charge on any atom is 0.231 e. The summed E-state index contributed by atoms with van der Waals surface area (Å²) in [6.45, 7) is 8.29. The number of carbonyl (C=O) groups is 1. The fourth-order valence-corrected chi connectivity index (χ4v) is 8.12. The van der Waals surface area contributed by atoms with Crippen LogP contribution in [0.1, 0.15) is 55.4 Å². The second-order valence-corrected chi connectivity index (χ2v) is 14.9. The molecular weight excluding hydrogens is 636 g/mol. The molecule has 1 aliphatic rings. The van der Waals surface area contributed by atoms with E-state index in [4.69, 9.17) is 16.3 Å². The highest BCUT2D eigenvalue weighted by molar-refractivity contribution is 8.22. The molecular formula is C35H39ClN6O4S. The number of rotatable bonds is 8.